The van der Waals surface area contributed by atoms with Gasteiger partial charge in [0.25, 0.3) is 0 Å². The summed E-state index contributed by atoms with van der Waals surface area (Å²) >= 11 is 6.02. The van der Waals surface area contributed by atoms with Crippen LogP contribution in [0.4, 0.5) is 0 Å². The molecule has 0 aliphatic heterocycles. The van der Waals surface area contributed by atoms with Crippen LogP contribution >= 0.6 is 11.6 Å². The van der Waals surface area contributed by atoms with Gasteiger partial charge >= 0.3 is 5.97 Å². The zero-order valence-corrected chi connectivity index (χ0v) is 10.7. The van der Waals surface area contributed by atoms with Gasteiger partial charge < -0.3 is 4.74 Å². The minimum Gasteiger partial charge on any atom is -0.423 e. The van der Waals surface area contributed by atoms with Crippen molar-refractivity contribution in [3.8, 4) is 5.75 Å². The molecule has 0 N–H and O–H groups in total. The number of hydrogen-bond donors (Lipinski definition) is 0. The highest BCUT2D eigenvalue weighted by Crippen LogP contribution is 2.25. The van der Waals surface area contributed by atoms with Gasteiger partial charge in [-0.05, 0) is 51.0 Å². The number of esters is 1. The molecule has 2 nitrogen and oxygen atoms in total. The Labute approximate surface area is 101 Å². The van der Waals surface area contributed by atoms with Crippen LogP contribution in [0.2, 0.25) is 5.02 Å². The summed E-state index contributed by atoms with van der Waals surface area (Å²) in [5.41, 5.74) is 2.72. The predicted molar refractivity (Wildman–Crippen MR) is 66.0 cm³/mol. The summed E-state index contributed by atoms with van der Waals surface area (Å²) in [5, 5.41) is 0.710. The van der Waals surface area contributed by atoms with Crippen LogP contribution in [0.15, 0.2) is 23.8 Å². The average Bonchev–Trinajstić information content (AvgIpc) is 2.12. The predicted octanol–water partition coefficient (Wildman–Crippen LogP) is 3.83. The van der Waals surface area contributed by atoms with Crippen molar-refractivity contribution in [2.24, 2.45) is 0 Å². The molecule has 0 aliphatic rings. The lowest BCUT2D eigenvalue weighted by Crippen LogP contribution is -2.05. The Hall–Kier alpha value is -1.28. The van der Waals surface area contributed by atoms with Crippen LogP contribution in [-0.4, -0.2) is 5.97 Å². The van der Waals surface area contributed by atoms with E-state index in [-0.39, 0.29) is 5.97 Å². The summed E-state index contributed by atoms with van der Waals surface area (Å²) in [6.07, 6.45) is 1.46. The number of halogens is 1. The molecule has 0 fully saturated rings. The third-order valence-electron chi connectivity index (χ3n) is 2.03. The van der Waals surface area contributed by atoms with Crippen LogP contribution in [0.3, 0.4) is 0 Å². The van der Waals surface area contributed by atoms with E-state index in [2.05, 4.69) is 0 Å². The lowest BCUT2D eigenvalue weighted by molar-refractivity contribution is -0.129. The van der Waals surface area contributed by atoms with Crippen molar-refractivity contribution in [3.63, 3.8) is 0 Å². The number of ether oxygens (including phenoxy) is 1. The lowest BCUT2D eigenvalue weighted by atomic mass is 10.1. The molecule has 0 aromatic heterocycles. The van der Waals surface area contributed by atoms with Crippen molar-refractivity contribution in [2.45, 2.75) is 27.7 Å². The Morgan fingerprint density at radius 2 is 1.75 bits per heavy atom. The monoisotopic (exact) mass is 238 g/mol. The molecule has 1 aromatic rings. The van der Waals surface area contributed by atoms with Crippen molar-refractivity contribution in [2.75, 3.05) is 0 Å². The summed E-state index contributed by atoms with van der Waals surface area (Å²) in [5.74, 6) is 0.169. The zero-order valence-electron chi connectivity index (χ0n) is 9.93. The number of carbonyl (C=O) groups excluding carboxylic acids is 1. The number of rotatable bonds is 2. The molecule has 1 aromatic carbocycles. The van der Waals surface area contributed by atoms with E-state index in [1.165, 1.54) is 6.08 Å². The van der Waals surface area contributed by atoms with Gasteiger partial charge in [0.15, 0.2) is 0 Å². The molecular formula is C13H15ClO2. The smallest absolute Gasteiger partial charge is 0.336 e. The van der Waals surface area contributed by atoms with E-state index < -0.39 is 0 Å². The Morgan fingerprint density at radius 3 is 2.19 bits per heavy atom. The first kappa shape index (κ1) is 12.8. The lowest BCUT2D eigenvalue weighted by Gasteiger charge is -2.07. The number of aryl methyl sites for hydroxylation is 2. The third-order valence-corrected chi connectivity index (χ3v) is 2.63. The summed E-state index contributed by atoms with van der Waals surface area (Å²) in [4.78, 5) is 11.4. The fraction of sp³-hybridized carbons (Fsp3) is 0.308. The molecule has 0 saturated carbocycles. The second-order valence-corrected chi connectivity index (χ2v) is 4.39. The van der Waals surface area contributed by atoms with Gasteiger partial charge in [-0.15, -0.1) is 0 Å². The second kappa shape index (κ2) is 5.17. The zero-order chi connectivity index (χ0) is 12.3. The average molecular weight is 239 g/mol. The van der Waals surface area contributed by atoms with Crippen LogP contribution in [0.1, 0.15) is 25.0 Å². The van der Waals surface area contributed by atoms with Gasteiger partial charge in [0, 0.05) is 11.1 Å². The topological polar surface area (TPSA) is 26.3 Å². The van der Waals surface area contributed by atoms with Gasteiger partial charge in [-0.25, -0.2) is 4.79 Å². The third kappa shape index (κ3) is 3.38. The maximum atomic E-state index is 11.4. The van der Waals surface area contributed by atoms with E-state index in [1.807, 2.05) is 27.7 Å². The van der Waals surface area contributed by atoms with Gasteiger partial charge in [-0.3, -0.25) is 0 Å². The van der Waals surface area contributed by atoms with Gasteiger partial charge in [-0.2, -0.15) is 0 Å². The second-order valence-electron chi connectivity index (χ2n) is 4.01. The highest BCUT2D eigenvalue weighted by atomic mass is 35.5. The van der Waals surface area contributed by atoms with Crippen LogP contribution in [0.5, 0.6) is 5.75 Å². The minimum absolute atomic E-state index is 0.360. The SMILES string of the molecule is CC(C)=CC(=O)Oc1cc(C)c(Cl)c(C)c1. The minimum atomic E-state index is -0.360. The summed E-state index contributed by atoms with van der Waals surface area (Å²) in [7, 11) is 0. The van der Waals surface area contributed by atoms with E-state index in [9.17, 15) is 4.79 Å². The summed E-state index contributed by atoms with van der Waals surface area (Å²) in [6, 6.07) is 3.51. The fourth-order valence-corrected chi connectivity index (χ4v) is 1.46. The van der Waals surface area contributed by atoms with Gasteiger partial charge in [0.05, 0.1) is 0 Å². The largest absolute Gasteiger partial charge is 0.423 e. The van der Waals surface area contributed by atoms with E-state index in [0.717, 1.165) is 16.7 Å². The fourth-order valence-electron chi connectivity index (χ4n) is 1.35. The van der Waals surface area contributed by atoms with Crippen molar-refractivity contribution < 1.29 is 9.53 Å². The number of allylic oxidation sites excluding steroid dienone is 1. The molecule has 0 radical (unpaired) electrons. The van der Waals surface area contributed by atoms with Crippen molar-refractivity contribution in [1.29, 1.82) is 0 Å². The first-order valence-corrected chi connectivity index (χ1v) is 5.41. The Balaban J connectivity index is 2.91. The molecule has 0 bridgehead atoms. The number of carbonyl (C=O) groups is 1. The molecular weight excluding hydrogens is 224 g/mol. The van der Waals surface area contributed by atoms with Crippen molar-refractivity contribution in [1.82, 2.24) is 0 Å². The molecule has 0 saturated heterocycles. The molecule has 0 spiro atoms. The Morgan fingerprint density at radius 1 is 1.25 bits per heavy atom. The molecule has 0 amide bonds. The molecule has 0 heterocycles. The highest BCUT2D eigenvalue weighted by molar-refractivity contribution is 6.32. The maximum absolute atomic E-state index is 11.4. The van der Waals surface area contributed by atoms with Gasteiger partial charge in [0.2, 0.25) is 0 Å². The van der Waals surface area contributed by atoms with E-state index >= 15 is 0 Å². The highest BCUT2D eigenvalue weighted by Gasteiger charge is 2.06. The van der Waals surface area contributed by atoms with Crippen LogP contribution in [0.25, 0.3) is 0 Å². The Bertz CT molecular complexity index is 420. The normalized spacial score (nSPS) is 9.81. The first-order valence-electron chi connectivity index (χ1n) is 5.03. The maximum Gasteiger partial charge on any atom is 0.336 e. The summed E-state index contributed by atoms with van der Waals surface area (Å²) in [6.45, 7) is 7.46. The molecule has 0 aliphatic carbocycles. The number of benzene rings is 1. The number of hydrogen-bond acceptors (Lipinski definition) is 2. The van der Waals surface area contributed by atoms with Crippen molar-refractivity contribution >= 4 is 17.6 Å². The van der Waals surface area contributed by atoms with Gasteiger partial charge in [-0.1, -0.05) is 17.2 Å². The van der Waals surface area contributed by atoms with Crippen LogP contribution in [-0.2, 0) is 4.79 Å². The van der Waals surface area contributed by atoms with E-state index in [0.29, 0.717) is 10.8 Å². The van der Waals surface area contributed by atoms with Crippen molar-refractivity contribution in [3.05, 3.63) is 39.9 Å². The van der Waals surface area contributed by atoms with E-state index in [4.69, 9.17) is 16.3 Å². The molecule has 1 rings (SSSR count). The Kier molecular flexibility index (Phi) is 4.13. The molecule has 0 atom stereocenters. The van der Waals surface area contributed by atoms with Crippen LogP contribution in [0, 0.1) is 13.8 Å². The molecule has 3 heteroatoms. The van der Waals surface area contributed by atoms with E-state index in [1.54, 1.807) is 12.1 Å². The molecule has 16 heavy (non-hydrogen) atoms. The quantitative estimate of drug-likeness (QED) is 0.445. The summed E-state index contributed by atoms with van der Waals surface area (Å²) < 4.78 is 5.17. The molecule has 86 valence electrons. The standard InChI is InChI=1S/C13H15ClO2/c1-8(2)5-12(15)16-11-6-9(3)13(14)10(4)7-11/h5-7H,1-4H3. The van der Waals surface area contributed by atoms with Gasteiger partial charge in [0.1, 0.15) is 5.75 Å². The van der Waals surface area contributed by atoms with Crippen LogP contribution < -0.4 is 4.74 Å². The molecule has 0 unspecified atom stereocenters. The first-order chi connectivity index (χ1) is 7.40.